The van der Waals surface area contributed by atoms with E-state index in [2.05, 4.69) is 46.1 Å². The van der Waals surface area contributed by atoms with Gasteiger partial charge in [-0.25, -0.2) is 18.3 Å². The van der Waals surface area contributed by atoms with Gasteiger partial charge in [0.25, 0.3) is 0 Å². The summed E-state index contributed by atoms with van der Waals surface area (Å²) >= 11 is 0. The summed E-state index contributed by atoms with van der Waals surface area (Å²) in [6, 6.07) is 0.154. The minimum Gasteiger partial charge on any atom is -0.387 e. The second-order valence-electron chi connectivity index (χ2n) is 11.7. The molecule has 4 aromatic heterocycles. The zero-order chi connectivity index (χ0) is 27.4. The predicted octanol–water partition coefficient (Wildman–Crippen LogP) is 5.88. The maximum absolute atomic E-state index is 16.3. The van der Waals surface area contributed by atoms with Crippen LogP contribution in [0, 0.1) is 19.7 Å². The third kappa shape index (κ3) is 4.71. The molecule has 4 aromatic rings. The van der Waals surface area contributed by atoms with Crippen LogP contribution in [0.2, 0.25) is 0 Å². The maximum Gasteiger partial charge on any atom is 0.158 e. The van der Waals surface area contributed by atoms with Crippen molar-refractivity contribution < 1.29 is 13.9 Å². The number of alkyl halides is 1. The highest BCUT2D eigenvalue weighted by molar-refractivity contribution is 5.92. The van der Waals surface area contributed by atoms with Crippen LogP contribution in [-0.2, 0) is 0 Å². The second kappa shape index (κ2) is 10.0. The molecule has 0 amide bonds. The van der Waals surface area contributed by atoms with Crippen molar-refractivity contribution in [1.29, 1.82) is 0 Å². The fourth-order valence-corrected chi connectivity index (χ4v) is 5.81. The van der Waals surface area contributed by atoms with Crippen LogP contribution >= 0.6 is 0 Å². The van der Waals surface area contributed by atoms with E-state index < -0.39 is 11.8 Å². The van der Waals surface area contributed by atoms with E-state index in [0.717, 1.165) is 59.3 Å². The van der Waals surface area contributed by atoms with Gasteiger partial charge in [0.15, 0.2) is 11.5 Å². The average Bonchev–Trinajstić information content (AvgIpc) is 3.50. The van der Waals surface area contributed by atoms with E-state index in [9.17, 15) is 9.50 Å². The van der Waals surface area contributed by atoms with Crippen molar-refractivity contribution in [2.75, 3.05) is 6.54 Å². The number of aliphatic hydroxyl groups is 1. The van der Waals surface area contributed by atoms with E-state index in [4.69, 9.17) is 0 Å². The van der Waals surface area contributed by atoms with Gasteiger partial charge in [0.05, 0.1) is 28.7 Å². The Bertz CT molecular complexity index is 1460. The summed E-state index contributed by atoms with van der Waals surface area (Å²) in [5.74, 6) is -0.145. The maximum atomic E-state index is 16.3. The van der Waals surface area contributed by atoms with Gasteiger partial charge in [0.1, 0.15) is 12.5 Å². The molecule has 9 heteroatoms. The van der Waals surface area contributed by atoms with Crippen LogP contribution in [0.4, 0.5) is 8.78 Å². The molecule has 3 N–H and O–H groups in total. The predicted molar refractivity (Wildman–Crippen MR) is 146 cm³/mol. The van der Waals surface area contributed by atoms with Gasteiger partial charge in [-0.3, -0.25) is 4.98 Å². The monoisotopic (exact) mass is 524 g/mol. The van der Waals surface area contributed by atoms with E-state index in [1.807, 2.05) is 13.1 Å². The third-order valence-corrected chi connectivity index (χ3v) is 8.28. The molecule has 1 atom stereocenters. The molecule has 38 heavy (non-hydrogen) atoms. The third-order valence-electron chi connectivity index (χ3n) is 8.28. The molecule has 1 aliphatic carbocycles. The zero-order valence-electron chi connectivity index (χ0n) is 23.1. The summed E-state index contributed by atoms with van der Waals surface area (Å²) in [6.45, 7) is 11.3. The van der Waals surface area contributed by atoms with Gasteiger partial charge >= 0.3 is 0 Å². The van der Waals surface area contributed by atoms with Gasteiger partial charge in [-0.2, -0.15) is 5.10 Å². The Kier molecular flexibility index (Phi) is 7.02. The number of aryl methyl sites for hydroxylation is 1. The molecule has 7 nitrogen and oxygen atoms in total. The number of fused-ring (bicyclic) bond motifs is 2. The molecule has 0 aliphatic heterocycles. The summed E-state index contributed by atoms with van der Waals surface area (Å²) in [7, 11) is 0. The van der Waals surface area contributed by atoms with Crippen LogP contribution in [0.15, 0.2) is 18.7 Å². The Morgan fingerprint density at radius 3 is 2.53 bits per heavy atom. The Balaban J connectivity index is 1.45. The van der Waals surface area contributed by atoms with Gasteiger partial charge in [-0.1, -0.05) is 13.8 Å². The lowest BCUT2D eigenvalue weighted by Gasteiger charge is -2.31. The lowest BCUT2D eigenvalue weighted by Crippen LogP contribution is -2.44. The summed E-state index contributed by atoms with van der Waals surface area (Å²) in [6.07, 6.45) is 7.12. The number of nitrogens with zero attached hydrogens (tertiary/aromatic N) is 4. The molecule has 1 aliphatic rings. The number of hydrogen-bond acceptors (Lipinski definition) is 5. The van der Waals surface area contributed by atoms with Gasteiger partial charge < -0.3 is 15.4 Å². The van der Waals surface area contributed by atoms with Gasteiger partial charge in [0, 0.05) is 35.7 Å². The lowest BCUT2D eigenvalue weighted by atomic mass is 9.83. The minimum atomic E-state index is -1.37. The van der Waals surface area contributed by atoms with E-state index in [0.29, 0.717) is 16.6 Å². The molecule has 0 saturated heterocycles. The lowest BCUT2D eigenvalue weighted by molar-refractivity contribution is -0.00384. The van der Waals surface area contributed by atoms with Crippen LogP contribution < -0.4 is 5.32 Å². The number of aromatic amines is 1. The second-order valence-corrected chi connectivity index (χ2v) is 11.7. The quantitative estimate of drug-likeness (QED) is 0.281. The van der Waals surface area contributed by atoms with Gasteiger partial charge in [-0.15, -0.1) is 0 Å². The fraction of sp³-hybridized carbons (Fsp3) is 0.552. The minimum absolute atomic E-state index is 0.0155. The van der Waals surface area contributed by atoms with E-state index in [1.54, 1.807) is 17.0 Å². The molecule has 0 spiro atoms. The largest absolute Gasteiger partial charge is 0.387 e. The van der Waals surface area contributed by atoms with Crippen molar-refractivity contribution in [3.05, 3.63) is 46.9 Å². The highest BCUT2D eigenvalue weighted by atomic mass is 19.1. The molecule has 204 valence electrons. The Morgan fingerprint density at radius 1 is 1.16 bits per heavy atom. The molecule has 4 heterocycles. The van der Waals surface area contributed by atoms with Gasteiger partial charge in [-0.05, 0) is 76.0 Å². The number of rotatable bonds is 7. The van der Waals surface area contributed by atoms with Crippen molar-refractivity contribution in [2.24, 2.45) is 0 Å². The molecule has 1 fully saturated rings. The molecule has 0 radical (unpaired) electrons. The Morgan fingerprint density at radius 2 is 1.87 bits per heavy atom. The first kappa shape index (κ1) is 26.7. The summed E-state index contributed by atoms with van der Waals surface area (Å²) in [4.78, 5) is 12.4. The van der Waals surface area contributed by atoms with Crippen LogP contribution in [0.25, 0.3) is 27.8 Å². The number of aromatic nitrogens is 5. The van der Waals surface area contributed by atoms with E-state index >= 15 is 4.39 Å². The molecule has 0 aromatic carbocycles. The highest BCUT2D eigenvalue weighted by Gasteiger charge is 2.31. The van der Waals surface area contributed by atoms with Crippen LogP contribution in [-0.4, -0.2) is 54.0 Å². The first-order valence-corrected chi connectivity index (χ1v) is 13.6. The summed E-state index contributed by atoms with van der Waals surface area (Å²) < 4.78 is 32.2. The van der Waals surface area contributed by atoms with Crippen molar-refractivity contribution in [3.63, 3.8) is 0 Å². The van der Waals surface area contributed by atoms with Crippen molar-refractivity contribution in [1.82, 2.24) is 29.9 Å². The number of H-pyrrole nitrogens is 1. The standard InChI is InChI=1S/C29H38F2N6O/c1-15(2)23-24-21(36-27(23)20-13-37-28(34-14-35-37)17(4)16(20)3)11-33-26(25(24)31)18-7-9-19(10-8-18)32-12-22(30)29(5,6)38/h11,13-15,18-19,22,32,36,38H,7-10,12H2,1-6H3/t18?,19?,22-/m1/s1. The number of pyridine rings is 2. The number of halogens is 2. The molecular weight excluding hydrogens is 486 g/mol. The molecule has 1 saturated carbocycles. The molecular formula is C29H38F2N6O. The van der Waals surface area contributed by atoms with Crippen molar-refractivity contribution >= 4 is 16.6 Å². The normalized spacial score (nSPS) is 19.6. The fourth-order valence-electron chi connectivity index (χ4n) is 5.81. The first-order valence-electron chi connectivity index (χ1n) is 13.6. The van der Waals surface area contributed by atoms with Crippen molar-refractivity contribution in [3.8, 4) is 11.3 Å². The van der Waals surface area contributed by atoms with Crippen molar-refractivity contribution in [2.45, 2.75) is 96.9 Å². The Hall–Kier alpha value is -2.91. The number of nitrogens with one attached hydrogen (secondary N) is 2. The van der Waals surface area contributed by atoms with Crippen LogP contribution in [0.5, 0.6) is 0 Å². The molecule has 0 bridgehead atoms. The topological polar surface area (TPSA) is 91.1 Å². The van der Waals surface area contributed by atoms with E-state index in [1.165, 1.54) is 13.8 Å². The highest BCUT2D eigenvalue weighted by Crippen LogP contribution is 2.41. The molecule has 5 rings (SSSR count). The van der Waals surface area contributed by atoms with Crippen LogP contribution in [0.1, 0.15) is 87.6 Å². The number of hydrogen-bond donors (Lipinski definition) is 3. The van der Waals surface area contributed by atoms with Gasteiger partial charge in [0.2, 0.25) is 0 Å². The zero-order valence-corrected chi connectivity index (χ0v) is 23.1. The van der Waals surface area contributed by atoms with Crippen LogP contribution in [0.3, 0.4) is 0 Å². The average molecular weight is 525 g/mol. The van der Waals surface area contributed by atoms with E-state index in [-0.39, 0.29) is 30.2 Å². The molecule has 0 unspecified atom stereocenters. The summed E-state index contributed by atoms with van der Waals surface area (Å²) in [5, 5.41) is 18.0. The Labute approximate surface area is 222 Å². The SMILES string of the molecule is Cc1c(-c2[nH]c3cnc(C4CCC(NC[C@@H](F)C(C)(C)O)CC4)c(F)c3c2C(C)C)cn2ncnc2c1C. The first-order chi connectivity index (χ1) is 18.0. The smallest absolute Gasteiger partial charge is 0.158 e. The summed E-state index contributed by atoms with van der Waals surface area (Å²) in [5.41, 5.74) is 5.60.